The highest BCUT2D eigenvalue weighted by atomic mass is 16.5. The number of carbonyl (C=O) groups is 1. The number of methoxy groups -OCH3 is 1. The summed E-state index contributed by atoms with van der Waals surface area (Å²) in [5.41, 5.74) is 6.48. The van der Waals surface area contributed by atoms with Gasteiger partial charge in [-0.05, 0) is 30.5 Å². The molecular formula is C20H24N6O4. The summed E-state index contributed by atoms with van der Waals surface area (Å²) in [6.45, 7) is 4.82. The van der Waals surface area contributed by atoms with Crippen LogP contribution in [0.4, 0.5) is 11.6 Å². The zero-order valence-corrected chi connectivity index (χ0v) is 17.4. The van der Waals surface area contributed by atoms with Crippen LogP contribution in [0.5, 0.6) is 5.75 Å². The fraction of sp³-hybridized carbons (Fsp3) is 0.400. The molecule has 3 heterocycles. The van der Waals surface area contributed by atoms with Gasteiger partial charge in [-0.1, -0.05) is 13.0 Å². The number of aryl methyl sites for hydroxylation is 2. The van der Waals surface area contributed by atoms with Crippen molar-refractivity contribution in [1.29, 1.82) is 0 Å². The van der Waals surface area contributed by atoms with E-state index in [9.17, 15) is 14.4 Å². The molecule has 3 aromatic rings. The minimum atomic E-state index is -0.758. The van der Waals surface area contributed by atoms with Crippen molar-refractivity contribution in [3.8, 4) is 5.75 Å². The molecule has 30 heavy (non-hydrogen) atoms. The Balaban J connectivity index is 2.03. The maximum atomic E-state index is 13.1. The summed E-state index contributed by atoms with van der Waals surface area (Å²) < 4.78 is 9.50. The van der Waals surface area contributed by atoms with Gasteiger partial charge in [0.1, 0.15) is 12.3 Å². The first-order valence-corrected chi connectivity index (χ1v) is 9.63. The van der Waals surface area contributed by atoms with Gasteiger partial charge in [0.15, 0.2) is 11.2 Å². The molecule has 1 atom stereocenters. The third kappa shape index (κ3) is 2.95. The molecule has 1 aliphatic heterocycles. The first-order chi connectivity index (χ1) is 14.2. The van der Waals surface area contributed by atoms with Gasteiger partial charge in [0.2, 0.25) is 11.9 Å². The molecule has 2 N–H and O–H groups in total. The van der Waals surface area contributed by atoms with E-state index < -0.39 is 23.7 Å². The van der Waals surface area contributed by atoms with E-state index in [1.54, 1.807) is 7.11 Å². The van der Waals surface area contributed by atoms with Gasteiger partial charge in [0, 0.05) is 20.1 Å². The standard InChI is InChI=1S/C20H24N6O4/c1-11-5-6-14(30-4)13(7-11)24-8-12(2)9-25-16-17(22-19(24)25)23(3)20(29)26(18(16)28)10-15(21)27/h5-7,12H,8-10H2,1-4H3,(H2,21,27)/t12-/m1/s1. The Kier molecular flexibility index (Phi) is 4.64. The molecule has 10 heteroatoms. The zero-order chi connectivity index (χ0) is 21.7. The van der Waals surface area contributed by atoms with Crippen LogP contribution in [-0.2, 0) is 24.9 Å². The first kappa shape index (κ1) is 19.7. The van der Waals surface area contributed by atoms with Crippen LogP contribution in [0, 0.1) is 12.8 Å². The van der Waals surface area contributed by atoms with E-state index in [1.165, 1.54) is 11.6 Å². The lowest BCUT2D eigenvalue weighted by molar-refractivity contribution is -0.118. The van der Waals surface area contributed by atoms with Crippen molar-refractivity contribution in [2.45, 2.75) is 26.9 Å². The van der Waals surface area contributed by atoms with Gasteiger partial charge < -0.3 is 19.9 Å². The third-order valence-electron chi connectivity index (χ3n) is 5.38. The molecule has 1 amide bonds. The minimum Gasteiger partial charge on any atom is -0.495 e. The number of rotatable bonds is 4. The predicted octanol–water partition coefficient (Wildman–Crippen LogP) is 0.487. The lowest BCUT2D eigenvalue weighted by Gasteiger charge is -2.33. The maximum Gasteiger partial charge on any atom is 0.332 e. The van der Waals surface area contributed by atoms with Crippen LogP contribution < -0.4 is 26.6 Å². The summed E-state index contributed by atoms with van der Waals surface area (Å²) in [6, 6.07) is 5.86. The Hall–Kier alpha value is -3.56. The second-order valence-electron chi connectivity index (χ2n) is 7.78. The Morgan fingerprint density at radius 1 is 1.30 bits per heavy atom. The van der Waals surface area contributed by atoms with Gasteiger partial charge in [-0.15, -0.1) is 0 Å². The van der Waals surface area contributed by atoms with E-state index >= 15 is 0 Å². The van der Waals surface area contributed by atoms with Crippen molar-refractivity contribution in [2.75, 3.05) is 18.6 Å². The van der Waals surface area contributed by atoms with Crippen LogP contribution in [0.3, 0.4) is 0 Å². The predicted molar refractivity (Wildman–Crippen MR) is 112 cm³/mol. The van der Waals surface area contributed by atoms with Crippen LogP contribution in [0.15, 0.2) is 27.8 Å². The third-order valence-corrected chi connectivity index (χ3v) is 5.38. The molecule has 0 fully saturated rings. The molecule has 10 nitrogen and oxygen atoms in total. The summed E-state index contributed by atoms with van der Waals surface area (Å²) in [5, 5.41) is 0. The topological polar surface area (TPSA) is 117 Å². The van der Waals surface area contributed by atoms with Crippen molar-refractivity contribution >= 4 is 28.7 Å². The summed E-state index contributed by atoms with van der Waals surface area (Å²) in [7, 11) is 3.14. The van der Waals surface area contributed by atoms with Crippen LogP contribution >= 0.6 is 0 Å². The van der Waals surface area contributed by atoms with E-state index in [0.29, 0.717) is 24.8 Å². The highest BCUT2D eigenvalue weighted by Gasteiger charge is 2.31. The molecule has 158 valence electrons. The van der Waals surface area contributed by atoms with Gasteiger partial charge in [-0.2, -0.15) is 4.98 Å². The van der Waals surface area contributed by atoms with Gasteiger partial charge in [0.25, 0.3) is 5.56 Å². The van der Waals surface area contributed by atoms with E-state index in [4.69, 9.17) is 10.5 Å². The fourth-order valence-corrected chi connectivity index (χ4v) is 4.01. The smallest absolute Gasteiger partial charge is 0.332 e. The number of ether oxygens (including phenoxy) is 1. The fourth-order valence-electron chi connectivity index (χ4n) is 4.01. The second kappa shape index (κ2) is 7.05. The molecule has 1 aromatic carbocycles. The Morgan fingerprint density at radius 3 is 2.70 bits per heavy atom. The summed E-state index contributed by atoms with van der Waals surface area (Å²) in [5.74, 6) is 0.678. The number of anilines is 2. The zero-order valence-electron chi connectivity index (χ0n) is 17.4. The van der Waals surface area contributed by atoms with Crippen LogP contribution in [0.2, 0.25) is 0 Å². The van der Waals surface area contributed by atoms with Gasteiger partial charge in [-0.3, -0.25) is 14.2 Å². The number of benzene rings is 1. The van der Waals surface area contributed by atoms with Crippen molar-refractivity contribution in [2.24, 2.45) is 18.7 Å². The molecule has 0 bridgehead atoms. The van der Waals surface area contributed by atoms with E-state index in [-0.39, 0.29) is 17.1 Å². The van der Waals surface area contributed by atoms with Crippen molar-refractivity contribution in [3.05, 3.63) is 44.6 Å². The molecule has 0 unspecified atom stereocenters. The van der Waals surface area contributed by atoms with Gasteiger partial charge in [-0.25, -0.2) is 9.36 Å². The number of fused-ring (bicyclic) bond motifs is 3. The largest absolute Gasteiger partial charge is 0.495 e. The number of imidazole rings is 1. The lowest BCUT2D eigenvalue weighted by Crippen LogP contribution is -2.43. The normalized spacial score (nSPS) is 16.0. The molecular weight excluding hydrogens is 388 g/mol. The summed E-state index contributed by atoms with van der Waals surface area (Å²) in [4.78, 5) is 43.9. The molecule has 0 aliphatic carbocycles. The maximum absolute atomic E-state index is 13.1. The highest BCUT2D eigenvalue weighted by molar-refractivity contribution is 5.79. The molecule has 0 radical (unpaired) electrons. The first-order valence-electron chi connectivity index (χ1n) is 9.63. The lowest BCUT2D eigenvalue weighted by atomic mass is 10.1. The average Bonchev–Trinajstić information content (AvgIpc) is 3.08. The highest BCUT2D eigenvalue weighted by Crippen LogP contribution is 2.38. The molecule has 2 aromatic heterocycles. The van der Waals surface area contributed by atoms with Crippen LogP contribution in [-0.4, -0.2) is 38.2 Å². The number of nitrogens with two attached hydrogens (primary N) is 1. The van der Waals surface area contributed by atoms with Gasteiger partial charge >= 0.3 is 5.69 Å². The number of hydrogen-bond acceptors (Lipinski definition) is 6. The van der Waals surface area contributed by atoms with Crippen LogP contribution in [0.1, 0.15) is 12.5 Å². The minimum absolute atomic E-state index is 0.196. The number of nitrogens with zero attached hydrogens (tertiary/aromatic N) is 5. The Labute approximate surface area is 172 Å². The van der Waals surface area contributed by atoms with Crippen molar-refractivity contribution in [3.63, 3.8) is 0 Å². The number of primary amides is 1. The Morgan fingerprint density at radius 2 is 2.03 bits per heavy atom. The molecule has 4 rings (SSSR count). The van der Waals surface area contributed by atoms with E-state index in [2.05, 4.69) is 11.9 Å². The quantitative estimate of drug-likeness (QED) is 0.666. The van der Waals surface area contributed by atoms with Crippen molar-refractivity contribution in [1.82, 2.24) is 18.7 Å². The molecule has 0 saturated heterocycles. The van der Waals surface area contributed by atoms with E-state index in [1.807, 2.05) is 34.6 Å². The number of hydrogen-bond donors (Lipinski definition) is 1. The van der Waals surface area contributed by atoms with Gasteiger partial charge in [0.05, 0.1) is 12.8 Å². The number of carbonyl (C=O) groups excluding carboxylic acids is 1. The Bertz CT molecular complexity index is 1290. The summed E-state index contributed by atoms with van der Waals surface area (Å²) >= 11 is 0. The molecule has 0 spiro atoms. The van der Waals surface area contributed by atoms with Crippen LogP contribution in [0.25, 0.3) is 11.2 Å². The molecule has 1 aliphatic rings. The average molecular weight is 412 g/mol. The summed E-state index contributed by atoms with van der Waals surface area (Å²) in [6.07, 6.45) is 0. The van der Waals surface area contributed by atoms with Crippen molar-refractivity contribution < 1.29 is 9.53 Å². The SMILES string of the molecule is COc1ccc(C)cc1N1C[C@@H](C)Cn2c1nc1c2c(=O)n(CC(N)=O)c(=O)n1C. The number of amides is 1. The molecule has 0 saturated carbocycles. The van der Waals surface area contributed by atoms with E-state index in [0.717, 1.165) is 15.8 Å². The monoisotopic (exact) mass is 412 g/mol. The number of aromatic nitrogens is 4. The second-order valence-corrected chi connectivity index (χ2v) is 7.78.